The first kappa shape index (κ1) is 18.3. The highest BCUT2D eigenvalue weighted by molar-refractivity contribution is 7.91. The van der Waals surface area contributed by atoms with Gasteiger partial charge in [-0.25, -0.2) is 0 Å². The van der Waals surface area contributed by atoms with Crippen LogP contribution < -0.4 is 4.74 Å². The molecule has 25 heavy (non-hydrogen) atoms. The highest BCUT2D eigenvalue weighted by Gasteiger charge is 2.28. The molecule has 2 aromatic rings. The van der Waals surface area contributed by atoms with Gasteiger partial charge in [-0.2, -0.15) is 0 Å². The quantitative estimate of drug-likeness (QED) is 0.767. The molecule has 1 aromatic heterocycles. The molecule has 2 heterocycles. The Morgan fingerprint density at radius 2 is 2.24 bits per heavy atom. The number of rotatable bonds is 4. The van der Waals surface area contributed by atoms with E-state index in [1.807, 2.05) is 40.9 Å². The zero-order valence-electron chi connectivity index (χ0n) is 14.6. The molecular weight excluding hydrogens is 356 g/mol. The second-order valence-corrected chi connectivity index (χ2v) is 8.73. The van der Waals surface area contributed by atoms with Crippen LogP contribution in [0.4, 0.5) is 0 Å². The van der Waals surface area contributed by atoms with E-state index in [1.54, 1.807) is 18.9 Å². The summed E-state index contributed by atoms with van der Waals surface area (Å²) >= 11 is 0.318. The lowest BCUT2D eigenvalue weighted by molar-refractivity contribution is -0.129. The van der Waals surface area contributed by atoms with Gasteiger partial charge in [-0.05, 0) is 36.1 Å². The first-order valence-corrected chi connectivity index (χ1v) is 10.2. The van der Waals surface area contributed by atoms with Crippen LogP contribution in [0, 0.1) is 0 Å². The van der Waals surface area contributed by atoms with Crippen molar-refractivity contribution in [3.8, 4) is 5.75 Å². The van der Waals surface area contributed by atoms with Gasteiger partial charge in [-0.15, -0.1) is 4.31 Å². The van der Waals surface area contributed by atoms with Crippen molar-refractivity contribution in [2.45, 2.75) is 30.6 Å². The summed E-state index contributed by atoms with van der Waals surface area (Å²) in [5.74, 6) is 0.853. The molecule has 1 amide bonds. The zero-order valence-corrected chi connectivity index (χ0v) is 16.2. The summed E-state index contributed by atoms with van der Waals surface area (Å²) in [6.45, 7) is 5.24. The Morgan fingerprint density at radius 3 is 2.92 bits per heavy atom. The molecule has 0 spiro atoms. The number of carbonyl (C=O) groups excluding carboxylic acids is 1. The maximum absolute atomic E-state index is 12.8. The number of thiophene rings is 1. The molecule has 0 bridgehead atoms. The van der Waals surface area contributed by atoms with Gasteiger partial charge in [0.25, 0.3) is 0 Å². The Labute approximate surface area is 155 Å². The maximum atomic E-state index is 12.8. The largest absolute Gasteiger partial charge is 0.592 e. The van der Waals surface area contributed by atoms with Gasteiger partial charge >= 0.3 is 0 Å². The number of nitrogens with zero attached hydrogens (tertiary/aromatic N) is 2. The highest BCUT2D eigenvalue weighted by Crippen LogP contribution is 2.31. The number of benzene rings is 1. The van der Waals surface area contributed by atoms with E-state index in [4.69, 9.17) is 4.74 Å². The minimum atomic E-state index is -1.18. The summed E-state index contributed by atoms with van der Waals surface area (Å²) in [4.78, 5) is 13.3. The van der Waals surface area contributed by atoms with E-state index in [2.05, 4.69) is 6.07 Å². The van der Waals surface area contributed by atoms with Gasteiger partial charge in [0.15, 0.2) is 0 Å². The standard InChI is InChI=1S/C18H22N2O3S2/c1-13(19(3)14(2)21)15-6-7-17-16(11-15)12-20(8-9-23-17)25(22)18-5-4-10-24-18/h4-7,10-11,13H,8-9,12H2,1-3H3/t13-,25?/m1/s1. The molecule has 1 unspecified atom stereocenters. The number of carbonyl (C=O) groups is 1. The van der Waals surface area contributed by atoms with E-state index in [0.717, 1.165) is 21.1 Å². The monoisotopic (exact) mass is 378 g/mol. The summed E-state index contributed by atoms with van der Waals surface area (Å²) in [6, 6.07) is 9.79. The third-order valence-electron chi connectivity index (χ3n) is 4.49. The first-order valence-electron chi connectivity index (χ1n) is 8.16. The Kier molecular flexibility index (Phi) is 5.68. The smallest absolute Gasteiger partial charge is 0.227 e. The average Bonchev–Trinajstić information content (AvgIpc) is 3.06. The molecular formula is C18H22N2O3S2. The van der Waals surface area contributed by atoms with Crippen LogP contribution in [-0.2, 0) is 22.7 Å². The Balaban J connectivity index is 1.84. The van der Waals surface area contributed by atoms with Crippen LogP contribution in [0.15, 0.2) is 39.9 Å². The topological polar surface area (TPSA) is 55.8 Å². The molecule has 0 saturated carbocycles. The molecule has 0 N–H and O–H groups in total. The average molecular weight is 379 g/mol. The summed E-state index contributed by atoms with van der Waals surface area (Å²) in [7, 11) is 1.80. The molecule has 2 atom stereocenters. The predicted molar refractivity (Wildman–Crippen MR) is 99.9 cm³/mol. The number of amides is 1. The lowest BCUT2D eigenvalue weighted by Crippen LogP contribution is -2.32. The molecule has 1 aliphatic heterocycles. The SMILES string of the molecule is CC(=O)N(C)[C@H](C)c1ccc2c(c1)CN([S+]([O-])c1cccs1)CCO2. The fraction of sp³-hybridized carbons (Fsp3) is 0.389. The lowest BCUT2D eigenvalue weighted by Gasteiger charge is -2.25. The van der Waals surface area contributed by atoms with Crippen LogP contribution in [0.1, 0.15) is 31.0 Å². The van der Waals surface area contributed by atoms with Crippen molar-refractivity contribution < 1.29 is 14.1 Å². The first-order chi connectivity index (χ1) is 12.0. The van der Waals surface area contributed by atoms with Crippen molar-refractivity contribution in [1.82, 2.24) is 9.21 Å². The van der Waals surface area contributed by atoms with E-state index < -0.39 is 11.4 Å². The van der Waals surface area contributed by atoms with E-state index in [1.165, 1.54) is 11.3 Å². The second-order valence-electron chi connectivity index (χ2n) is 6.07. The van der Waals surface area contributed by atoms with Gasteiger partial charge in [0.1, 0.15) is 12.4 Å². The van der Waals surface area contributed by atoms with E-state index in [-0.39, 0.29) is 11.9 Å². The van der Waals surface area contributed by atoms with Gasteiger partial charge in [0.2, 0.25) is 10.1 Å². The van der Waals surface area contributed by atoms with Gasteiger partial charge in [0, 0.05) is 25.6 Å². The number of ether oxygens (including phenoxy) is 1. The van der Waals surface area contributed by atoms with Gasteiger partial charge in [-0.1, -0.05) is 17.4 Å². The summed E-state index contributed by atoms with van der Waals surface area (Å²) < 4.78 is 21.4. The number of fused-ring (bicyclic) bond motifs is 1. The predicted octanol–water partition coefficient (Wildman–Crippen LogP) is 3.20. The van der Waals surface area contributed by atoms with Crippen molar-refractivity contribution in [2.24, 2.45) is 0 Å². The summed E-state index contributed by atoms with van der Waals surface area (Å²) in [5, 5.41) is 1.94. The molecule has 5 nitrogen and oxygen atoms in total. The van der Waals surface area contributed by atoms with Crippen LogP contribution in [0.3, 0.4) is 0 Å². The highest BCUT2D eigenvalue weighted by atomic mass is 32.2. The van der Waals surface area contributed by atoms with Crippen LogP contribution in [0.5, 0.6) is 5.75 Å². The van der Waals surface area contributed by atoms with Crippen molar-refractivity contribution in [1.29, 1.82) is 0 Å². The second kappa shape index (κ2) is 7.78. The molecule has 0 aliphatic carbocycles. The fourth-order valence-corrected chi connectivity index (χ4v) is 4.98. The fourth-order valence-electron chi connectivity index (χ4n) is 2.78. The molecule has 0 saturated heterocycles. The number of hydrogen-bond acceptors (Lipinski definition) is 5. The third kappa shape index (κ3) is 4.00. The molecule has 134 valence electrons. The van der Waals surface area contributed by atoms with Crippen LogP contribution in [-0.4, -0.2) is 39.9 Å². The maximum Gasteiger partial charge on any atom is 0.227 e. The lowest BCUT2D eigenvalue weighted by atomic mass is 10.0. The minimum Gasteiger partial charge on any atom is -0.592 e. The number of hydrogen-bond donors (Lipinski definition) is 0. The van der Waals surface area contributed by atoms with Crippen molar-refractivity contribution >= 4 is 28.6 Å². The zero-order chi connectivity index (χ0) is 18.0. The summed E-state index contributed by atoms with van der Waals surface area (Å²) in [5.41, 5.74) is 2.05. The van der Waals surface area contributed by atoms with Gasteiger partial charge < -0.3 is 14.2 Å². The Bertz CT molecular complexity index is 736. The van der Waals surface area contributed by atoms with Crippen LogP contribution >= 0.6 is 11.3 Å². The van der Waals surface area contributed by atoms with Gasteiger partial charge in [0.05, 0.1) is 30.5 Å². The van der Waals surface area contributed by atoms with Crippen LogP contribution in [0.2, 0.25) is 0 Å². The van der Waals surface area contributed by atoms with E-state index >= 15 is 0 Å². The normalized spacial score (nSPS) is 17.1. The molecule has 1 aromatic carbocycles. The molecule has 0 radical (unpaired) electrons. The van der Waals surface area contributed by atoms with Gasteiger partial charge in [-0.3, -0.25) is 4.79 Å². The van der Waals surface area contributed by atoms with E-state index in [0.29, 0.717) is 19.7 Å². The molecule has 0 fully saturated rings. The molecule has 1 aliphatic rings. The molecule has 7 heteroatoms. The van der Waals surface area contributed by atoms with Crippen molar-refractivity contribution in [2.75, 3.05) is 20.2 Å². The van der Waals surface area contributed by atoms with Crippen molar-refractivity contribution in [3.63, 3.8) is 0 Å². The van der Waals surface area contributed by atoms with Crippen molar-refractivity contribution in [3.05, 3.63) is 46.8 Å². The summed E-state index contributed by atoms with van der Waals surface area (Å²) in [6.07, 6.45) is 0. The third-order valence-corrected chi connectivity index (χ3v) is 7.13. The van der Waals surface area contributed by atoms with E-state index in [9.17, 15) is 9.35 Å². The van der Waals surface area contributed by atoms with Crippen LogP contribution in [0.25, 0.3) is 0 Å². The Morgan fingerprint density at radius 1 is 1.44 bits per heavy atom. The molecule has 3 rings (SSSR count). The minimum absolute atomic E-state index is 0.0257. The Hall–Kier alpha value is -1.54.